The van der Waals surface area contributed by atoms with Crippen molar-refractivity contribution in [1.82, 2.24) is 0 Å². The summed E-state index contributed by atoms with van der Waals surface area (Å²) in [6, 6.07) is 4.86. The van der Waals surface area contributed by atoms with Crippen molar-refractivity contribution in [2.75, 3.05) is 0 Å². The van der Waals surface area contributed by atoms with Crippen LogP contribution in [0, 0.1) is 0 Å². The molecule has 0 saturated carbocycles. The van der Waals surface area contributed by atoms with Crippen LogP contribution < -0.4 is 4.50 Å². The van der Waals surface area contributed by atoms with Crippen LogP contribution >= 0.6 is 22.7 Å². The summed E-state index contributed by atoms with van der Waals surface area (Å²) >= 11 is 4.05. The van der Waals surface area contributed by atoms with Gasteiger partial charge in [-0.3, -0.25) is 0 Å². The quantitative estimate of drug-likeness (QED) is 0.695. The molecule has 3 heteroatoms. The summed E-state index contributed by atoms with van der Waals surface area (Å²) in [5, 5.41) is 1.50. The molecule has 0 aliphatic rings. The number of fused-ring (bicyclic) bond motifs is 1. The fourth-order valence-electron chi connectivity index (χ4n) is 1.73. The van der Waals surface area contributed by atoms with Gasteiger partial charge in [0.2, 0.25) is 0 Å². The predicted molar refractivity (Wildman–Crippen MR) is 81.3 cm³/mol. The normalized spacial score (nSPS) is 12.5. The lowest BCUT2D eigenvalue weighted by Gasteiger charge is -2.11. The molecule has 0 aliphatic heterocycles. The van der Waals surface area contributed by atoms with Crippen molar-refractivity contribution in [2.24, 2.45) is 0 Å². The Kier molecular flexibility index (Phi) is 3.57. The SMILES string of the molecule is CCCCc1cc2cc([Si](C)(C)C)sc2s1. The van der Waals surface area contributed by atoms with E-state index < -0.39 is 8.07 Å². The molecule has 16 heavy (non-hydrogen) atoms. The second kappa shape index (κ2) is 4.63. The van der Waals surface area contributed by atoms with Gasteiger partial charge in [-0.25, -0.2) is 0 Å². The first-order chi connectivity index (χ1) is 7.50. The van der Waals surface area contributed by atoms with Gasteiger partial charge >= 0.3 is 0 Å². The van der Waals surface area contributed by atoms with Gasteiger partial charge in [0, 0.05) is 10.3 Å². The van der Waals surface area contributed by atoms with E-state index in [1.807, 2.05) is 22.7 Å². The monoisotopic (exact) mass is 268 g/mol. The fourth-order valence-corrected chi connectivity index (χ4v) is 6.36. The Balaban J connectivity index is 2.26. The summed E-state index contributed by atoms with van der Waals surface area (Å²) in [7, 11) is -1.10. The molecule has 0 amide bonds. The number of thiophene rings is 2. The standard InChI is InChI=1S/C13H20S2Si/c1-5-6-7-11-8-10-9-12(16(2,3)4)15-13(10)14-11/h8-9H,5-7H2,1-4H3. The Hall–Kier alpha value is -0.123. The second-order valence-corrected chi connectivity index (χ2v) is 13.3. The Morgan fingerprint density at radius 3 is 2.44 bits per heavy atom. The lowest BCUT2D eigenvalue weighted by molar-refractivity contribution is 0.804. The highest BCUT2D eigenvalue weighted by Crippen LogP contribution is 2.31. The van der Waals surface area contributed by atoms with Crippen molar-refractivity contribution >= 4 is 44.6 Å². The number of rotatable bonds is 4. The number of aryl methyl sites for hydroxylation is 1. The smallest absolute Gasteiger partial charge is 0.0904 e. The molecule has 0 saturated heterocycles. The highest BCUT2D eigenvalue weighted by molar-refractivity contribution is 7.43. The van der Waals surface area contributed by atoms with E-state index in [2.05, 4.69) is 38.7 Å². The van der Waals surface area contributed by atoms with E-state index in [1.165, 1.54) is 24.6 Å². The van der Waals surface area contributed by atoms with E-state index in [9.17, 15) is 0 Å². The maximum absolute atomic E-state index is 2.44. The molecule has 0 aliphatic carbocycles. The highest BCUT2D eigenvalue weighted by atomic mass is 32.2. The minimum atomic E-state index is -1.10. The van der Waals surface area contributed by atoms with E-state index in [-0.39, 0.29) is 0 Å². The van der Waals surface area contributed by atoms with E-state index in [0.29, 0.717) is 0 Å². The minimum Gasteiger partial charge on any atom is -0.134 e. The molecule has 2 heterocycles. The summed E-state index contributed by atoms with van der Waals surface area (Å²) in [6.45, 7) is 9.56. The fraction of sp³-hybridized carbons (Fsp3) is 0.538. The van der Waals surface area contributed by atoms with Crippen molar-refractivity contribution in [3.63, 3.8) is 0 Å². The topological polar surface area (TPSA) is 0 Å². The molecule has 0 nitrogen and oxygen atoms in total. The van der Waals surface area contributed by atoms with E-state index >= 15 is 0 Å². The molecule has 2 rings (SSSR count). The summed E-state index contributed by atoms with van der Waals surface area (Å²) in [6.07, 6.45) is 3.89. The highest BCUT2D eigenvalue weighted by Gasteiger charge is 2.20. The largest absolute Gasteiger partial charge is 0.134 e. The van der Waals surface area contributed by atoms with Crippen LogP contribution in [0.25, 0.3) is 9.40 Å². The van der Waals surface area contributed by atoms with Gasteiger partial charge in [0.1, 0.15) is 0 Å². The molecule has 0 unspecified atom stereocenters. The van der Waals surface area contributed by atoms with Crippen LogP contribution in [0.3, 0.4) is 0 Å². The van der Waals surface area contributed by atoms with Crippen molar-refractivity contribution in [3.05, 3.63) is 17.0 Å². The van der Waals surface area contributed by atoms with Crippen LogP contribution in [0.1, 0.15) is 24.6 Å². The molecule has 0 bridgehead atoms. The molecule has 0 radical (unpaired) electrons. The van der Waals surface area contributed by atoms with Gasteiger partial charge in [0.25, 0.3) is 0 Å². The van der Waals surface area contributed by atoms with E-state index in [1.54, 1.807) is 13.4 Å². The lowest BCUT2D eigenvalue weighted by Crippen LogP contribution is -2.34. The zero-order valence-electron chi connectivity index (χ0n) is 10.6. The summed E-state index contributed by atoms with van der Waals surface area (Å²) in [5.41, 5.74) is 0. The van der Waals surface area contributed by atoms with Gasteiger partial charge in [-0.2, -0.15) is 0 Å². The van der Waals surface area contributed by atoms with Gasteiger partial charge in [-0.05, 0) is 29.5 Å². The van der Waals surface area contributed by atoms with Gasteiger partial charge in [0.15, 0.2) is 0 Å². The number of hydrogen-bond acceptors (Lipinski definition) is 2. The molecule has 0 N–H and O–H groups in total. The van der Waals surface area contributed by atoms with Crippen molar-refractivity contribution < 1.29 is 0 Å². The Morgan fingerprint density at radius 2 is 1.88 bits per heavy atom. The second-order valence-electron chi connectivity index (χ2n) is 5.42. The molecule has 0 aromatic carbocycles. The minimum absolute atomic E-state index is 1.10. The first-order valence-corrected chi connectivity index (χ1v) is 11.2. The van der Waals surface area contributed by atoms with Crippen molar-refractivity contribution in [1.29, 1.82) is 0 Å². The van der Waals surface area contributed by atoms with Gasteiger partial charge < -0.3 is 0 Å². The van der Waals surface area contributed by atoms with Gasteiger partial charge in [0.05, 0.1) is 12.1 Å². The molecule has 0 spiro atoms. The average Bonchev–Trinajstić information content (AvgIpc) is 2.69. The third kappa shape index (κ3) is 2.58. The zero-order chi connectivity index (χ0) is 11.8. The Bertz CT molecular complexity index is 442. The summed E-state index contributed by atoms with van der Waals surface area (Å²) < 4.78 is 3.19. The number of unbranched alkanes of at least 4 members (excludes halogenated alkanes) is 1. The van der Waals surface area contributed by atoms with Gasteiger partial charge in [-0.15, -0.1) is 22.7 Å². The van der Waals surface area contributed by atoms with Gasteiger partial charge in [-0.1, -0.05) is 33.0 Å². The molecular weight excluding hydrogens is 248 g/mol. The van der Waals surface area contributed by atoms with Crippen molar-refractivity contribution in [2.45, 2.75) is 45.8 Å². The van der Waals surface area contributed by atoms with Crippen molar-refractivity contribution in [3.8, 4) is 0 Å². The third-order valence-corrected chi connectivity index (χ3v) is 8.81. The van der Waals surface area contributed by atoms with Crippen LogP contribution in [-0.2, 0) is 6.42 Å². The third-order valence-electron chi connectivity index (χ3n) is 2.78. The maximum Gasteiger partial charge on any atom is 0.0904 e. The molecular formula is C13H20S2Si. The Morgan fingerprint density at radius 1 is 1.12 bits per heavy atom. The van der Waals surface area contributed by atoms with Crippen LogP contribution in [-0.4, -0.2) is 8.07 Å². The average molecular weight is 269 g/mol. The molecule has 2 aromatic heterocycles. The first-order valence-electron chi connectivity index (χ1n) is 6.03. The lowest BCUT2D eigenvalue weighted by atomic mass is 10.2. The van der Waals surface area contributed by atoms with E-state index in [4.69, 9.17) is 0 Å². The summed E-state index contributed by atoms with van der Waals surface area (Å²) in [5.74, 6) is 0. The predicted octanol–water partition coefficient (Wildman–Crippen LogP) is 4.85. The first kappa shape index (κ1) is 12.3. The van der Waals surface area contributed by atoms with Crippen LogP contribution in [0.15, 0.2) is 12.1 Å². The van der Waals surface area contributed by atoms with Crippen LogP contribution in [0.4, 0.5) is 0 Å². The van der Waals surface area contributed by atoms with Crippen LogP contribution in [0.5, 0.6) is 0 Å². The zero-order valence-corrected chi connectivity index (χ0v) is 13.2. The maximum atomic E-state index is 2.44. The number of hydrogen-bond donors (Lipinski definition) is 0. The van der Waals surface area contributed by atoms with E-state index in [0.717, 1.165) is 0 Å². The molecule has 0 atom stereocenters. The molecule has 88 valence electrons. The molecule has 2 aromatic rings. The summed E-state index contributed by atoms with van der Waals surface area (Å²) in [4.78, 5) is 1.57. The molecule has 0 fully saturated rings. The Labute approximate surface area is 107 Å². The van der Waals surface area contributed by atoms with Crippen LogP contribution in [0.2, 0.25) is 19.6 Å².